The van der Waals surface area contributed by atoms with E-state index >= 15 is 0 Å². The van der Waals surface area contributed by atoms with Gasteiger partial charge in [-0.05, 0) is 25.8 Å². The van der Waals surface area contributed by atoms with E-state index in [1.54, 1.807) is 18.2 Å². The zero-order chi connectivity index (χ0) is 15.2. The first-order valence-electron chi connectivity index (χ1n) is 8.00. The second kappa shape index (κ2) is 7.87. The number of nitrogens with zero attached hydrogens (tertiary/aromatic N) is 2. The summed E-state index contributed by atoms with van der Waals surface area (Å²) in [5, 5.41) is 10.1. The Morgan fingerprint density at radius 3 is 2.48 bits per heavy atom. The summed E-state index contributed by atoms with van der Waals surface area (Å²) in [6.07, 6.45) is 1.06. The summed E-state index contributed by atoms with van der Waals surface area (Å²) < 4.78 is 13.6. The van der Waals surface area contributed by atoms with Crippen LogP contribution in [-0.4, -0.2) is 53.7 Å². The Bertz CT molecular complexity index is 433. The molecule has 2 unspecified atom stereocenters. The second-order valence-electron chi connectivity index (χ2n) is 5.96. The molecule has 1 heterocycles. The van der Waals surface area contributed by atoms with Crippen LogP contribution in [0.15, 0.2) is 24.3 Å². The van der Waals surface area contributed by atoms with Gasteiger partial charge in [-0.2, -0.15) is 0 Å². The first-order chi connectivity index (χ1) is 10.1. The smallest absolute Gasteiger partial charge is 0.128 e. The maximum Gasteiger partial charge on any atom is 0.128 e. The standard InChI is InChI=1S/C17H27FN2O/c1-3-14(2)20-12-10-19(11-13-20)9-8-17(21)15-6-4-5-7-16(15)18/h4-7,14,17,21H,3,8-13H2,1-2H3. The van der Waals surface area contributed by atoms with Crippen LogP contribution in [0.25, 0.3) is 0 Å². The van der Waals surface area contributed by atoms with Crippen molar-refractivity contribution in [3.05, 3.63) is 35.6 Å². The van der Waals surface area contributed by atoms with Gasteiger partial charge in [-0.25, -0.2) is 4.39 Å². The number of hydrogen-bond acceptors (Lipinski definition) is 3. The van der Waals surface area contributed by atoms with Crippen molar-refractivity contribution in [2.75, 3.05) is 32.7 Å². The number of hydrogen-bond donors (Lipinski definition) is 1. The van der Waals surface area contributed by atoms with Crippen molar-refractivity contribution in [1.82, 2.24) is 9.80 Å². The maximum atomic E-state index is 13.6. The summed E-state index contributed by atoms with van der Waals surface area (Å²) in [4.78, 5) is 4.88. The van der Waals surface area contributed by atoms with Crippen LogP contribution < -0.4 is 0 Å². The third kappa shape index (κ3) is 4.50. The Hall–Kier alpha value is -0.970. The van der Waals surface area contributed by atoms with Crippen molar-refractivity contribution in [3.8, 4) is 0 Å². The van der Waals surface area contributed by atoms with Crippen LogP contribution in [0.4, 0.5) is 4.39 Å². The average Bonchev–Trinajstić information content (AvgIpc) is 2.52. The maximum absolute atomic E-state index is 13.6. The van der Waals surface area contributed by atoms with Gasteiger partial charge in [-0.3, -0.25) is 4.90 Å². The van der Waals surface area contributed by atoms with E-state index in [4.69, 9.17) is 0 Å². The minimum absolute atomic E-state index is 0.313. The van der Waals surface area contributed by atoms with Gasteiger partial charge in [0.05, 0.1) is 6.10 Å². The average molecular weight is 294 g/mol. The van der Waals surface area contributed by atoms with E-state index in [0.29, 0.717) is 18.0 Å². The molecule has 1 aromatic carbocycles. The van der Waals surface area contributed by atoms with Crippen LogP contribution in [0, 0.1) is 5.82 Å². The first-order valence-corrected chi connectivity index (χ1v) is 8.00. The lowest BCUT2D eigenvalue weighted by atomic mass is 10.1. The highest BCUT2D eigenvalue weighted by Crippen LogP contribution is 2.20. The van der Waals surface area contributed by atoms with Crippen LogP contribution in [0.1, 0.15) is 38.4 Å². The molecule has 0 bridgehead atoms. The predicted molar refractivity (Wildman–Crippen MR) is 83.7 cm³/mol. The van der Waals surface area contributed by atoms with Gasteiger partial charge in [0.1, 0.15) is 5.82 Å². The summed E-state index contributed by atoms with van der Waals surface area (Å²) in [5.41, 5.74) is 0.413. The van der Waals surface area contributed by atoms with Gasteiger partial charge in [-0.15, -0.1) is 0 Å². The molecule has 1 aromatic rings. The molecule has 1 aliphatic heterocycles. The predicted octanol–water partition coefficient (Wildman–Crippen LogP) is 2.67. The minimum Gasteiger partial charge on any atom is -0.388 e. The fourth-order valence-corrected chi connectivity index (χ4v) is 2.89. The number of halogens is 1. The Kier molecular flexibility index (Phi) is 6.15. The SMILES string of the molecule is CCC(C)N1CCN(CCC(O)c2ccccc2F)CC1. The van der Waals surface area contributed by atoms with Crippen molar-refractivity contribution in [2.24, 2.45) is 0 Å². The third-order valence-corrected chi connectivity index (χ3v) is 4.60. The van der Waals surface area contributed by atoms with Crippen LogP contribution in [0.3, 0.4) is 0 Å². The monoisotopic (exact) mass is 294 g/mol. The minimum atomic E-state index is -0.709. The molecular formula is C17H27FN2O. The fraction of sp³-hybridized carbons (Fsp3) is 0.647. The van der Waals surface area contributed by atoms with Gasteiger partial charge in [0.25, 0.3) is 0 Å². The summed E-state index contributed by atoms with van der Waals surface area (Å²) >= 11 is 0. The van der Waals surface area contributed by atoms with Gasteiger partial charge in [0.2, 0.25) is 0 Å². The van der Waals surface area contributed by atoms with Gasteiger partial charge in [0, 0.05) is 44.3 Å². The first kappa shape index (κ1) is 16.4. The lowest BCUT2D eigenvalue weighted by Crippen LogP contribution is -2.49. The molecular weight excluding hydrogens is 267 g/mol. The fourth-order valence-electron chi connectivity index (χ4n) is 2.89. The van der Waals surface area contributed by atoms with Crippen molar-refractivity contribution in [1.29, 1.82) is 0 Å². The van der Waals surface area contributed by atoms with E-state index < -0.39 is 6.10 Å². The van der Waals surface area contributed by atoms with Crippen molar-refractivity contribution in [3.63, 3.8) is 0 Å². The van der Waals surface area contributed by atoms with Gasteiger partial charge in [0.15, 0.2) is 0 Å². The van der Waals surface area contributed by atoms with Crippen LogP contribution in [-0.2, 0) is 0 Å². The van der Waals surface area contributed by atoms with Crippen molar-refractivity contribution < 1.29 is 9.50 Å². The number of benzene rings is 1. The Balaban J connectivity index is 1.76. The molecule has 1 aliphatic rings. The Morgan fingerprint density at radius 1 is 1.19 bits per heavy atom. The van der Waals surface area contributed by atoms with Crippen molar-refractivity contribution in [2.45, 2.75) is 38.8 Å². The molecule has 2 atom stereocenters. The van der Waals surface area contributed by atoms with E-state index in [-0.39, 0.29) is 5.82 Å². The largest absolute Gasteiger partial charge is 0.388 e. The number of aliphatic hydroxyl groups excluding tert-OH is 1. The molecule has 0 radical (unpaired) electrons. The second-order valence-corrected chi connectivity index (χ2v) is 5.96. The van der Waals surface area contributed by atoms with E-state index in [1.807, 2.05) is 0 Å². The highest BCUT2D eigenvalue weighted by molar-refractivity contribution is 5.19. The summed E-state index contributed by atoms with van der Waals surface area (Å²) in [6.45, 7) is 9.57. The molecule has 1 N–H and O–H groups in total. The van der Waals surface area contributed by atoms with Crippen LogP contribution >= 0.6 is 0 Å². The molecule has 0 saturated carbocycles. The molecule has 0 spiro atoms. The van der Waals surface area contributed by atoms with Crippen LogP contribution in [0.5, 0.6) is 0 Å². The quantitative estimate of drug-likeness (QED) is 0.874. The molecule has 0 aliphatic carbocycles. The summed E-state index contributed by atoms with van der Waals surface area (Å²) in [7, 11) is 0. The lowest BCUT2D eigenvalue weighted by Gasteiger charge is -2.38. The highest BCUT2D eigenvalue weighted by atomic mass is 19.1. The Labute approximate surface area is 127 Å². The molecule has 1 fully saturated rings. The van der Waals surface area contributed by atoms with E-state index in [9.17, 15) is 9.50 Å². The zero-order valence-electron chi connectivity index (χ0n) is 13.1. The van der Waals surface area contributed by atoms with Gasteiger partial charge >= 0.3 is 0 Å². The van der Waals surface area contributed by atoms with E-state index in [0.717, 1.165) is 32.7 Å². The molecule has 0 amide bonds. The molecule has 21 heavy (non-hydrogen) atoms. The van der Waals surface area contributed by atoms with Crippen LogP contribution in [0.2, 0.25) is 0 Å². The molecule has 2 rings (SSSR count). The molecule has 0 aromatic heterocycles. The normalized spacial score (nSPS) is 20.4. The van der Waals surface area contributed by atoms with Crippen molar-refractivity contribution >= 4 is 0 Å². The molecule has 4 heteroatoms. The van der Waals surface area contributed by atoms with Gasteiger partial charge < -0.3 is 10.0 Å². The number of piperazine rings is 1. The lowest BCUT2D eigenvalue weighted by molar-refractivity contribution is 0.0822. The summed E-state index contributed by atoms with van der Waals surface area (Å²) in [5.74, 6) is -0.313. The third-order valence-electron chi connectivity index (χ3n) is 4.60. The van der Waals surface area contributed by atoms with E-state index in [1.165, 1.54) is 12.5 Å². The van der Waals surface area contributed by atoms with Gasteiger partial charge in [-0.1, -0.05) is 25.1 Å². The molecule has 118 valence electrons. The molecule has 3 nitrogen and oxygen atoms in total. The summed E-state index contributed by atoms with van der Waals surface area (Å²) in [6, 6.07) is 7.15. The topological polar surface area (TPSA) is 26.7 Å². The Morgan fingerprint density at radius 2 is 1.86 bits per heavy atom. The number of aliphatic hydroxyl groups is 1. The van der Waals surface area contributed by atoms with E-state index in [2.05, 4.69) is 23.6 Å². The highest BCUT2D eigenvalue weighted by Gasteiger charge is 2.21. The molecule has 1 saturated heterocycles. The zero-order valence-corrected chi connectivity index (χ0v) is 13.1. The number of rotatable bonds is 6.